The van der Waals surface area contributed by atoms with Crippen LogP contribution >= 0.6 is 0 Å². The number of nitrogens with zero attached hydrogens (tertiary/aromatic N) is 1. The molecule has 0 aliphatic rings. The predicted molar refractivity (Wildman–Crippen MR) is 98.7 cm³/mol. The number of anilines is 1. The highest BCUT2D eigenvalue weighted by Gasteiger charge is 2.03. The summed E-state index contributed by atoms with van der Waals surface area (Å²) in [4.78, 5) is 16.1. The van der Waals surface area contributed by atoms with Gasteiger partial charge in [0.05, 0.1) is 0 Å². The summed E-state index contributed by atoms with van der Waals surface area (Å²) >= 11 is 0. The first-order valence-corrected chi connectivity index (χ1v) is 9.46. The second-order valence-electron chi connectivity index (χ2n) is 6.50. The number of aryl methyl sites for hydroxylation is 1. The average Bonchev–Trinajstić information content (AvgIpc) is 2.52. The van der Waals surface area contributed by atoms with Gasteiger partial charge in [-0.3, -0.25) is 4.79 Å². The Bertz CT molecular complexity index is 431. The molecule has 0 unspecified atom stereocenters. The average molecular weight is 319 g/mol. The minimum absolute atomic E-state index is 0.0824. The Morgan fingerprint density at radius 3 is 2.04 bits per heavy atom. The van der Waals surface area contributed by atoms with Crippen molar-refractivity contribution in [2.24, 2.45) is 0 Å². The van der Waals surface area contributed by atoms with E-state index in [4.69, 9.17) is 0 Å². The molecule has 0 saturated carbocycles. The van der Waals surface area contributed by atoms with E-state index in [-0.39, 0.29) is 5.91 Å². The first-order chi connectivity index (χ1) is 11.2. The number of aromatic nitrogens is 1. The van der Waals surface area contributed by atoms with Gasteiger partial charge in [0.15, 0.2) is 0 Å². The van der Waals surface area contributed by atoms with Gasteiger partial charge in [-0.15, -0.1) is 0 Å². The molecule has 0 aliphatic carbocycles. The van der Waals surface area contributed by atoms with E-state index in [0.29, 0.717) is 12.2 Å². The van der Waals surface area contributed by atoms with Crippen molar-refractivity contribution >= 4 is 11.7 Å². The molecule has 0 bridgehead atoms. The van der Waals surface area contributed by atoms with E-state index in [0.717, 1.165) is 18.5 Å². The zero-order valence-electron chi connectivity index (χ0n) is 15.1. The van der Waals surface area contributed by atoms with Crippen LogP contribution in [0.3, 0.4) is 0 Å². The number of hydrogen-bond acceptors (Lipinski definition) is 2. The molecule has 130 valence electrons. The third kappa shape index (κ3) is 10.9. The summed E-state index contributed by atoms with van der Waals surface area (Å²) in [5.41, 5.74) is 0.928. The highest BCUT2D eigenvalue weighted by atomic mass is 16.1. The Morgan fingerprint density at radius 1 is 0.913 bits per heavy atom. The molecule has 0 radical (unpaired) electrons. The molecule has 1 rings (SSSR count). The normalized spacial score (nSPS) is 10.7. The van der Waals surface area contributed by atoms with Crippen LogP contribution in [-0.4, -0.2) is 10.9 Å². The first kappa shape index (κ1) is 19.7. The van der Waals surface area contributed by atoms with Crippen LogP contribution < -0.4 is 5.32 Å². The number of carbonyl (C=O) groups is 1. The highest BCUT2D eigenvalue weighted by Crippen LogP contribution is 2.12. The molecule has 0 aliphatic heterocycles. The predicted octanol–water partition coefficient (Wildman–Crippen LogP) is 6.03. The van der Waals surface area contributed by atoms with Gasteiger partial charge in [-0.2, -0.15) is 0 Å². The van der Waals surface area contributed by atoms with Gasteiger partial charge in [0.1, 0.15) is 5.82 Å². The van der Waals surface area contributed by atoms with E-state index >= 15 is 0 Å². The maximum absolute atomic E-state index is 11.8. The maximum Gasteiger partial charge on any atom is 0.225 e. The Labute approximate surface area is 142 Å². The molecule has 0 spiro atoms. The summed E-state index contributed by atoms with van der Waals surface area (Å²) in [7, 11) is 0. The maximum atomic E-state index is 11.8. The molecule has 1 heterocycles. The second-order valence-corrected chi connectivity index (χ2v) is 6.50. The summed E-state index contributed by atoms with van der Waals surface area (Å²) in [6, 6.07) is 5.69. The van der Waals surface area contributed by atoms with Crippen LogP contribution in [-0.2, 0) is 4.79 Å². The SMILES string of the molecule is CCCCCCCCCCCCCC(=O)Nc1cccc(C)n1. The van der Waals surface area contributed by atoms with E-state index < -0.39 is 0 Å². The summed E-state index contributed by atoms with van der Waals surface area (Å²) in [6.45, 7) is 4.19. The molecular formula is C20H34N2O. The number of hydrogen-bond donors (Lipinski definition) is 1. The third-order valence-corrected chi connectivity index (χ3v) is 4.16. The zero-order chi connectivity index (χ0) is 16.8. The Hall–Kier alpha value is -1.38. The van der Waals surface area contributed by atoms with E-state index in [1.54, 1.807) is 0 Å². The van der Waals surface area contributed by atoms with Gasteiger partial charge in [-0.05, 0) is 25.5 Å². The number of pyridine rings is 1. The lowest BCUT2D eigenvalue weighted by atomic mass is 10.1. The molecule has 0 saturated heterocycles. The Balaban J connectivity index is 1.91. The molecule has 0 atom stereocenters. The van der Waals surface area contributed by atoms with Gasteiger partial charge >= 0.3 is 0 Å². The van der Waals surface area contributed by atoms with E-state index in [2.05, 4.69) is 17.2 Å². The van der Waals surface area contributed by atoms with Crippen molar-refractivity contribution < 1.29 is 4.79 Å². The van der Waals surface area contributed by atoms with E-state index in [1.165, 1.54) is 57.8 Å². The van der Waals surface area contributed by atoms with Crippen LogP contribution in [0.2, 0.25) is 0 Å². The molecule has 0 aromatic carbocycles. The van der Waals surface area contributed by atoms with Crippen molar-refractivity contribution in [1.29, 1.82) is 0 Å². The summed E-state index contributed by atoms with van der Waals surface area (Å²) in [5.74, 6) is 0.747. The van der Waals surface area contributed by atoms with Gasteiger partial charge in [0.25, 0.3) is 0 Å². The van der Waals surface area contributed by atoms with Crippen molar-refractivity contribution in [3.05, 3.63) is 23.9 Å². The lowest BCUT2D eigenvalue weighted by Crippen LogP contribution is -2.12. The second kappa shape index (κ2) is 13.1. The lowest BCUT2D eigenvalue weighted by molar-refractivity contribution is -0.116. The fourth-order valence-corrected chi connectivity index (χ4v) is 2.77. The van der Waals surface area contributed by atoms with E-state index in [9.17, 15) is 4.79 Å². The first-order valence-electron chi connectivity index (χ1n) is 9.46. The van der Waals surface area contributed by atoms with Crippen LogP contribution in [0.5, 0.6) is 0 Å². The topological polar surface area (TPSA) is 42.0 Å². The minimum atomic E-state index is 0.0824. The van der Waals surface area contributed by atoms with Crippen molar-refractivity contribution in [2.45, 2.75) is 90.9 Å². The number of amides is 1. The fraction of sp³-hybridized carbons (Fsp3) is 0.700. The minimum Gasteiger partial charge on any atom is -0.311 e. The molecule has 3 heteroatoms. The summed E-state index contributed by atoms with van der Waals surface area (Å²) in [6.07, 6.45) is 15.0. The third-order valence-electron chi connectivity index (χ3n) is 4.16. The van der Waals surface area contributed by atoms with E-state index in [1.807, 2.05) is 25.1 Å². The van der Waals surface area contributed by atoms with Crippen LogP contribution in [0, 0.1) is 6.92 Å². The van der Waals surface area contributed by atoms with Crippen molar-refractivity contribution in [3.63, 3.8) is 0 Å². The number of carbonyl (C=O) groups excluding carboxylic acids is 1. The molecule has 1 aromatic rings. The van der Waals surface area contributed by atoms with Crippen molar-refractivity contribution in [1.82, 2.24) is 4.98 Å². The monoisotopic (exact) mass is 318 g/mol. The van der Waals surface area contributed by atoms with Crippen LogP contribution in [0.15, 0.2) is 18.2 Å². The number of nitrogens with one attached hydrogen (secondary N) is 1. The smallest absolute Gasteiger partial charge is 0.225 e. The highest BCUT2D eigenvalue weighted by molar-refractivity contribution is 5.89. The molecule has 1 aromatic heterocycles. The fourth-order valence-electron chi connectivity index (χ4n) is 2.77. The number of unbranched alkanes of at least 4 members (excludes halogenated alkanes) is 10. The van der Waals surface area contributed by atoms with Crippen LogP contribution in [0.4, 0.5) is 5.82 Å². The molecule has 23 heavy (non-hydrogen) atoms. The molecule has 3 nitrogen and oxygen atoms in total. The summed E-state index contributed by atoms with van der Waals surface area (Å²) < 4.78 is 0. The van der Waals surface area contributed by atoms with Crippen LogP contribution in [0.25, 0.3) is 0 Å². The van der Waals surface area contributed by atoms with Gasteiger partial charge in [-0.25, -0.2) is 4.98 Å². The largest absolute Gasteiger partial charge is 0.311 e. The number of rotatable bonds is 13. The lowest BCUT2D eigenvalue weighted by Gasteiger charge is -2.05. The Morgan fingerprint density at radius 2 is 1.48 bits per heavy atom. The van der Waals surface area contributed by atoms with Gasteiger partial charge in [0, 0.05) is 12.1 Å². The molecule has 1 N–H and O–H groups in total. The molecular weight excluding hydrogens is 284 g/mol. The van der Waals surface area contributed by atoms with Gasteiger partial charge in [-0.1, -0.05) is 77.2 Å². The Kier molecular flexibility index (Phi) is 11.2. The quantitative estimate of drug-likeness (QED) is 0.451. The van der Waals surface area contributed by atoms with Crippen LogP contribution in [0.1, 0.15) is 89.7 Å². The standard InChI is InChI=1S/C20H34N2O/c1-3-4-5-6-7-8-9-10-11-12-13-17-20(23)22-19-16-14-15-18(2)21-19/h14-16H,3-13,17H2,1-2H3,(H,21,22,23). The summed E-state index contributed by atoms with van der Waals surface area (Å²) in [5, 5.41) is 2.87. The van der Waals surface area contributed by atoms with Gasteiger partial charge < -0.3 is 5.32 Å². The van der Waals surface area contributed by atoms with Gasteiger partial charge in [0.2, 0.25) is 5.91 Å². The zero-order valence-corrected chi connectivity index (χ0v) is 15.1. The van der Waals surface area contributed by atoms with Crippen molar-refractivity contribution in [2.75, 3.05) is 5.32 Å². The van der Waals surface area contributed by atoms with Crippen molar-refractivity contribution in [3.8, 4) is 0 Å². The molecule has 1 amide bonds. The molecule has 0 fully saturated rings.